The van der Waals surface area contributed by atoms with Gasteiger partial charge in [0, 0.05) is 37.7 Å². The molecule has 2 aliphatic rings. The minimum Gasteiger partial charge on any atom is -0.490 e. The van der Waals surface area contributed by atoms with Gasteiger partial charge in [-0.1, -0.05) is 11.6 Å². The molecule has 2 saturated heterocycles. The fraction of sp³-hybridized carbons (Fsp3) is 0.556. The van der Waals surface area contributed by atoms with E-state index in [0.29, 0.717) is 55.7 Å². The lowest BCUT2D eigenvalue weighted by atomic mass is 9.74. The van der Waals surface area contributed by atoms with E-state index in [1.165, 1.54) is 0 Å². The summed E-state index contributed by atoms with van der Waals surface area (Å²) in [5.74, 6) is -0.958. The largest absolute Gasteiger partial charge is 0.490 e. The van der Waals surface area contributed by atoms with E-state index in [2.05, 4.69) is 0 Å². The molecule has 2 aliphatic heterocycles. The van der Waals surface area contributed by atoms with Crippen molar-refractivity contribution in [2.24, 2.45) is 11.3 Å². The van der Waals surface area contributed by atoms with Crippen LogP contribution in [-0.2, 0) is 14.3 Å². The van der Waals surface area contributed by atoms with Crippen LogP contribution >= 0.6 is 11.6 Å². The number of hydrogen-bond donors (Lipinski definition) is 1. The molecule has 0 spiro atoms. The number of fused-ring (bicyclic) bond motifs is 1. The van der Waals surface area contributed by atoms with E-state index in [4.69, 9.17) is 25.8 Å². The first-order valence-electron chi connectivity index (χ1n) is 8.49. The maximum absolute atomic E-state index is 13.1. The molecule has 0 bridgehead atoms. The number of hydrogen-bond acceptors (Lipinski definition) is 5. The average Bonchev–Trinajstić information content (AvgIpc) is 3.03. The second kappa shape index (κ2) is 7.82. The van der Waals surface area contributed by atoms with E-state index in [0.717, 1.165) is 0 Å². The molecule has 2 fully saturated rings. The SMILES string of the molecule is COCCOc1ccc(Cl)cc1C(=O)N1C[C@H]2COCC[C@@]2(C(=O)O)C1. The predicted molar refractivity (Wildman–Crippen MR) is 93.7 cm³/mol. The van der Waals surface area contributed by atoms with Crippen molar-refractivity contribution in [3.8, 4) is 5.75 Å². The molecule has 0 radical (unpaired) electrons. The minimum atomic E-state index is -0.941. The number of carboxylic acids is 1. The van der Waals surface area contributed by atoms with Crippen molar-refractivity contribution in [1.29, 1.82) is 0 Å². The van der Waals surface area contributed by atoms with E-state index < -0.39 is 11.4 Å². The lowest BCUT2D eigenvalue weighted by molar-refractivity contribution is -0.157. The average molecular weight is 384 g/mol. The quantitative estimate of drug-likeness (QED) is 0.755. The first kappa shape index (κ1) is 18.9. The van der Waals surface area contributed by atoms with Crippen LogP contribution in [0.1, 0.15) is 16.8 Å². The Morgan fingerprint density at radius 2 is 2.23 bits per heavy atom. The first-order chi connectivity index (χ1) is 12.5. The summed E-state index contributed by atoms with van der Waals surface area (Å²) in [6, 6.07) is 4.85. The zero-order valence-corrected chi connectivity index (χ0v) is 15.3. The van der Waals surface area contributed by atoms with Crippen molar-refractivity contribution in [1.82, 2.24) is 4.90 Å². The molecule has 142 valence electrons. The lowest BCUT2D eigenvalue weighted by Crippen LogP contribution is -2.45. The van der Waals surface area contributed by atoms with Gasteiger partial charge in [0.15, 0.2) is 0 Å². The summed E-state index contributed by atoms with van der Waals surface area (Å²) in [7, 11) is 1.57. The molecule has 26 heavy (non-hydrogen) atoms. The number of ether oxygens (including phenoxy) is 3. The molecule has 1 N–H and O–H groups in total. The summed E-state index contributed by atoms with van der Waals surface area (Å²) >= 11 is 6.06. The topological polar surface area (TPSA) is 85.3 Å². The number of aliphatic carboxylic acids is 1. The van der Waals surface area contributed by atoms with Crippen LogP contribution in [0.25, 0.3) is 0 Å². The highest BCUT2D eigenvalue weighted by atomic mass is 35.5. The molecule has 0 aromatic heterocycles. The van der Waals surface area contributed by atoms with Gasteiger partial charge in [0.1, 0.15) is 12.4 Å². The summed E-state index contributed by atoms with van der Waals surface area (Å²) in [5, 5.41) is 10.2. The van der Waals surface area contributed by atoms with E-state index in [9.17, 15) is 14.7 Å². The molecule has 0 aliphatic carbocycles. The summed E-state index contributed by atoms with van der Waals surface area (Å²) in [6.45, 7) is 1.94. The molecular formula is C18H22ClNO6. The van der Waals surface area contributed by atoms with Crippen LogP contribution in [0.15, 0.2) is 18.2 Å². The number of likely N-dealkylation sites (tertiary alicyclic amines) is 1. The van der Waals surface area contributed by atoms with Gasteiger partial charge in [-0.05, 0) is 24.6 Å². The highest BCUT2D eigenvalue weighted by molar-refractivity contribution is 6.31. The molecule has 0 unspecified atom stereocenters. The third-order valence-corrected chi connectivity index (χ3v) is 5.37. The molecule has 2 heterocycles. The molecule has 8 heteroatoms. The third-order valence-electron chi connectivity index (χ3n) is 5.14. The summed E-state index contributed by atoms with van der Waals surface area (Å²) in [6.07, 6.45) is 0.406. The Balaban J connectivity index is 1.83. The van der Waals surface area contributed by atoms with E-state index in [1.807, 2.05) is 0 Å². The molecule has 1 aromatic carbocycles. The number of benzene rings is 1. The Kier molecular flexibility index (Phi) is 5.70. The Bertz CT molecular complexity index is 696. The highest BCUT2D eigenvalue weighted by Crippen LogP contribution is 2.43. The van der Waals surface area contributed by atoms with E-state index in [1.54, 1.807) is 30.2 Å². The smallest absolute Gasteiger partial charge is 0.311 e. The summed E-state index contributed by atoms with van der Waals surface area (Å²) < 4.78 is 16.0. The standard InChI is InChI=1S/C18H22ClNO6/c1-24-6-7-26-15-3-2-13(19)8-14(15)16(21)20-9-12-10-25-5-4-18(12,11-20)17(22)23/h2-3,8,12H,4-7,9-11H2,1H3,(H,22,23)/t12-,18+/m0/s1. The van der Waals surface area contributed by atoms with Crippen LogP contribution in [0.4, 0.5) is 0 Å². The Morgan fingerprint density at radius 3 is 2.92 bits per heavy atom. The minimum absolute atomic E-state index is 0.166. The molecular weight excluding hydrogens is 362 g/mol. The summed E-state index contributed by atoms with van der Waals surface area (Å²) in [5.41, 5.74) is -0.613. The van der Waals surface area contributed by atoms with Gasteiger partial charge in [0.25, 0.3) is 5.91 Å². The molecule has 1 amide bonds. The number of methoxy groups -OCH3 is 1. The Labute approximate surface area is 156 Å². The fourth-order valence-corrected chi connectivity index (χ4v) is 3.83. The van der Waals surface area contributed by atoms with Crippen molar-refractivity contribution in [2.75, 3.05) is 46.6 Å². The van der Waals surface area contributed by atoms with Gasteiger partial charge < -0.3 is 24.2 Å². The number of rotatable bonds is 6. The second-order valence-electron chi connectivity index (χ2n) is 6.65. The molecule has 1 aromatic rings. The van der Waals surface area contributed by atoms with Crippen LogP contribution in [0, 0.1) is 11.3 Å². The van der Waals surface area contributed by atoms with Gasteiger partial charge in [-0.3, -0.25) is 9.59 Å². The van der Waals surface area contributed by atoms with Gasteiger partial charge in [0.2, 0.25) is 0 Å². The van der Waals surface area contributed by atoms with Crippen molar-refractivity contribution in [3.05, 3.63) is 28.8 Å². The summed E-state index contributed by atoms with van der Waals surface area (Å²) in [4.78, 5) is 26.6. The van der Waals surface area contributed by atoms with Gasteiger partial charge in [0.05, 0.1) is 24.2 Å². The van der Waals surface area contributed by atoms with Crippen LogP contribution in [-0.4, -0.2) is 68.5 Å². The van der Waals surface area contributed by atoms with Crippen LogP contribution < -0.4 is 4.74 Å². The zero-order chi connectivity index (χ0) is 18.7. The van der Waals surface area contributed by atoms with Gasteiger partial charge >= 0.3 is 5.97 Å². The van der Waals surface area contributed by atoms with Crippen LogP contribution in [0.5, 0.6) is 5.75 Å². The van der Waals surface area contributed by atoms with Crippen LogP contribution in [0.3, 0.4) is 0 Å². The van der Waals surface area contributed by atoms with Crippen molar-refractivity contribution in [2.45, 2.75) is 6.42 Å². The van der Waals surface area contributed by atoms with Crippen molar-refractivity contribution in [3.63, 3.8) is 0 Å². The number of amides is 1. The fourth-order valence-electron chi connectivity index (χ4n) is 3.65. The number of carboxylic acid groups (broad SMARTS) is 1. The molecule has 7 nitrogen and oxygen atoms in total. The molecule has 2 atom stereocenters. The van der Waals surface area contributed by atoms with Crippen molar-refractivity contribution >= 4 is 23.5 Å². The second-order valence-corrected chi connectivity index (χ2v) is 7.09. The number of carbonyl (C=O) groups excluding carboxylic acids is 1. The third kappa shape index (κ3) is 3.51. The maximum atomic E-state index is 13.1. The van der Waals surface area contributed by atoms with Crippen molar-refractivity contribution < 1.29 is 28.9 Å². The Morgan fingerprint density at radius 1 is 1.42 bits per heavy atom. The predicted octanol–water partition coefficient (Wildman–Crippen LogP) is 1.93. The van der Waals surface area contributed by atoms with E-state index >= 15 is 0 Å². The van der Waals surface area contributed by atoms with Gasteiger partial charge in [-0.2, -0.15) is 0 Å². The number of carbonyl (C=O) groups is 2. The monoisotopic (exact) mass is 383 g/mol. The normalized spacial score (nSPS) is 25.0. The maximum Gasteiger partial charge on any atom is 0.311 e. The van der Waals surface area contributed by atoms with Gasteiger partial charge in [-0.15, -0.1) is 0 Å². The first-order valence-corrected chi connectivity index (χ1v) is 8.87. The number of nitrogens with zero attached hydrogens (tertiary/aromatic N) is 1. The molecule has 0 saturated carbocycles. The highest BCUT2D eigenvalue weighted by Gasteiger charge is 2.55. The lowest BCUT2D eigenvalue weighted by Gasteiger charge is -2.33. The molecule has 3 rings (SSSR count). The Hall–Kier alpha value is -1.83. The van der Waals surface area contributed by atoms with Crippen LogP contribution in [0.2, 0.25) is 5.02 Å². The number of halogens is 1. The van der Waals surface area contributed by atoms with Gasteiger partial charge in [-0.25, -0.2) is 0 Å². The zero-order valence-electron chi connectivity index (χ0n) is 14.6. The van der Waals surface area contributed by atoms with E-state index in [-0.39, 0.29) is 18.4 Å².